The van der Waals surface area contributed by atoms with Crippen LogP contribution >= 0.6 is 0 Å². The number of allylic oxidation sites excluding steroid dienone is 3. The number of hydrogen-bond donors (Lipinski definition) is 1. The van der Waals surface area contributed by atoms with Crippen molar-refractivity contribution in [3.8, 4) is 0 Å². The zero-order chi connectivity index (χ0) is 12.2. The summed E-state index contributed by atoms with van der Waals surface area (Å²) in [6.45, 7) is 11.9. The van der Waals surface area contributed by atoms with Gasteiger partial charge in [0.1, 0.15) is 11.4 Å². The number of nitrogens with zero attached hydrogens (tertiary/aromatic N) is 1. The molecule has 0 aliphatic carbocycles. The van der Waals surface area contributed by atoms with Crippen LogP contribution in [-0.2, 0) is 4.74 Å². The third kappa shape index (κ3) is 3.57. The third-order valence-corrected chi connectivity index (χ3v) is 2.21. The van der Waals surface area contributed by atoms with Crippen LogP contribution in [0.3, 0.4) is 0 Å². The van der Waals surface area contributed by atoms with Crippen molar-refractivity contribution in [3.05, 3.63) is 36.4 Å². The molecule has 0 amide bonds. The lowest BCUT2D eigenvalue weighted by Crippen LogP contribution is -2.33. The molecule has 0 fully saturated rings. The Balaban J connectivity index is 2.87. The lowest BCUT2D eigenvalue weighted by Gasteiger charge is -2.29. The molecule has 0 aromatic carbocycles. The molecule has 1 aliphatic heterocycles. The molecular weight excluding hydrogens is 200 g/mol. The van der Waals surface area contributed by atoms with Crippen LogP contribution in [0.5, 0.6) is 0 Å². The highest BCUT2D eigenvalue weighted by Crippen LogP contribution is 2.21. The van der Waals surface area contributed by atoms with Gasteiger partial charge in [0.25, 0.3) is 0 Å². The summed E-state index contributed by atoms with van der Waals surface area (Å²) in [5, 5.41) is 3.07. The maximum absolute atomic E-state index is 5.84. The number of ether oxygens (including phenoxy) is 1. The maximum Gasteiger partial charge on any atom is 0.142 e. The predicted octanol–water partition coefficient (Wildman–Crippen LogP) is 2.78. The van der Waals surface area contributed by atoms with Crippen LogP contribution in [0.1, 0.15) is 27.7 Å². The second-order valence-electron chi connectivity index (χ2n) is 4.54. The largest absolute Gasteiger partial charge is 0.480 e. The minimum absolute atomic E-state index is 0.267. The molecule has 0 atom stereocenters. The Morgan fingerprint density at radius 1 is 1.50 bits per heavy atom. The molecule has 0 unspecified atom stereocenters. The predicted molar refractivity (Wildman–Crippen MR) is 68.3 cm³/mol. The molecule has 3 nitrogen and oxygen atoms in total. The zero-order valence-corrected chi connectivity index (χ0v) is 10.4. The number of nitrogens with one attached hydrogen (secondary N) is 1. The van der Waals surface area contributed by atoms with Gasteiger partial charge in [0.15, 0.2) is 0 Å². The van der Waals surface area contributed by atoms with Crippen molar-refractivity contribution in [1.82, 2.24) is 5.32 Å². The summed E-state index contributed by atoms with van der Waals surface area (Å²) in [4.78, 5) is 4.31. The van der Waals surface area contributed by atoms with E-state index in [9.17, 15) is 0 Å². The van der Waals surface area contributed by atoms with Gasteiger partial charge in [-0.15, -0.1) is 0 Å². The van der Waals surface area contributed by atoms with E-state index < -0.39 is 5.60 Å². The van der Waals surface area contributed by atoms with Gasteiger partial charge in [-0.2, -0.15) is 0 Å². The highest BCUT2D eigenvalue weighted by Gasteiger charge is 2.24. The van der Waals surface area contributed by atoms with Crippen LogP contribution in [0.2, 0.25) is 0 Å². The molecule has 16 heavy (non-hydrogen) atoms. The van der Waals surface area contributed by atoms with Gasteiger partial charge in [0.2, 0.25) is 0 Å². The van der Waals surface area contributed by atoms with Crippen molar-refractivity contribution in [3.63, 3.8) is 0 Å². The van der Waals surface area contributed by atoms with Crippen LogP contribution in [0.15, 0.2) is 41.4 Å². The lowest BCUT2D eigenvalue weighted by atomic mass is 10.1. The van der Waals surface area contributed by atoms with Crippen molar-refractivity contribution in [2.45, 2.75) is 39.3 Å². The first-order chi connectivity index (χ1) is 7.42. The molecule has 1 rings (SSSR count). The number of hydrogen-bond acceptors (Lipinski definition) is 3. The summed E-state index contributed by atoms with van der Waals surface area (Å²) in [7, 11) is 0. The Morgan fingerprint density at radius 3 is 2.81 bits per heavy atom. The van der Waals surface area contributed by atoms with E-state index in [4.69, 9.17) is 4.74 Å². The molecule has 0 spiro atoms. The SMILES string of the molecule is C=C1NC=CC=C(C=NC(C)C)OC1(C)C. The van der Waals surface area contributed by atoms with E-state index in [1.807, 2.05) is 46.0 Å². The Hall–Kier alpha value is -1.51. The van der Waals surface area contributed by atoms with Gasteiger partial charge in [0.05, 0.1) is 11.9 Å². The van der Waals surface area contributed by atoms with Gasteiger partial charge in [-0.3, -0.25) is 4.99 Å². The highest BCUT2D eigenvalue weighted by atomic mass is 16.5. The molecule has 3 heteroatoms. The van der Waals surface area contributed by atoms with Gasteiger partial charge in [-0.25, -0.2) is 0 Å². The molecule has 0 bridgehead atoms. The van der Waals surface area contributed by atoms with Gasteiger partial charge >= 0.3 is 0 Å². The van der Waals surface area contributed by atoms with Gasteiger partial charge < -0.3 is 10.1 Å². The van der Waals surface area contributed by atoms with E-state index in [1.54, 1.807) is 6.21 Å². The molecule has 1 N–H and O–H groups in total. The Kier molecular flexibility index (Phi) is 3.93. The second-order valence-corrected chi connectivity index (χ2v) is 4.54. The van der Waals surface area contributed by atoms with Gasteiger partial charge in [-0.1, -0.05) is 6.58 Å². The third-order valence-electron chi connectivity index (χ3n) is 2.21. The summed E-state index contributed by atoms with van der Waals surface area (Å²) >= 11 is 0. The average molecular weight is 220 g/mol. The van der Waals surface area contributed by atoms with Gasteiger partial charge in [-0.05, 0) is 39.8 Å². The fourth-order valence-corrected chi connectivity index (χ4v) is 1.15. The molecule has 0 saturated heterocycles. The van der Waals surface area contributed by atoms with E-state index in [0.29, 0.717) is 0 Å². The minimum atomic E-state index is -0.445. The monoisotopic (exact) mass is 220 g/mol. The molecule has 88 valence electrons. The first kappa shape index (κ1) is 12.6. The van der Waals surface area contributed by atoms with Crippen LogP contribution in [-0.4, -0.2) is 17.9 Å². The van der Waals surface area contributed by atoms with E-state index in [-0.39, 0.29) is 6.04 Å². The standard InChI is InChI=1S/C13H20N2O/c1-10(2)15-9-12-7-6-8-14-11(3)13(4,5)16-12/h6-10,14H,3H2,1-2,4-5H3. The molecular formula is C13H20N2O. The van der Waals surface area contributed by atoms with E-state index >= 15 is 0 Å². The fourth-order valence-electron chi connectivity index (χ4n) is 1.15. The van der Waals surface area contributed by atoms with Crippen molar-refractivity contribution < 1.29 is 4.74 Å². The molecule has 0 aromatic heterocycles. The quantitative estimate of drug-likeness (QED) is 0.726. The van der Waals surface area contributed by atoms with Crippen molar-refractivity contribution in [2.75, 3.05) is 0 Å². The highest BCUT2D eigenvalue weighted by molar-refractivity contribution is 5.76. The van der Waals surface area contributed by atoms with E-state index in [0.717, 1.165) is 11.5 Å². The molecule has 1 heterocycles. The van der Waals surface area contributed by atoms with Crippen LogP contribution in [0.25, 0.3) is 0 Å². The molecule has 0 aromatic rings. The summed E-state index contributed by atoms with van der Waals surface area (Å²) in [6.07, 6.45) is 7.36. The first-order valence-electron chi connectivity index (χ1n) is 5.47. The van der Waals surface area contributed by atoms with Crippen molar-refractivity contribution in [1.29, 1.82) is 0 Å². The maximum atomic E-state index is 5.84. The normalized spacial score (nSPS) is 20.1. The van der Waals surface area contributed by atoms with Crippen LogP contribution in [0.4, 0.5) is 0 Å². The Labute approximate surface area is 97.6 Å². The molecule has 0 saturated carbocycles. The summed E-state index contributed by atoms with van der Waals surface area (Å²) in [6, 6.07) is 0.267. The van der Waals surface area contributed by atoms with Crippen molar-refractivity contribution >= 4 is 6.21 Å². The summed E-state index contributed by atoms with van der Waals surface area (Å²) in [5.41, 5.74) is 0.381. The average Bonchev–Trinajstić information content (AvgIpc) is 2.17. The van der Waals surface area contributed by atoms with Crippen LogP contribution < -0.4 is 5.32 Å². The van der Waals surface area contributed by atoms with E-state index in [2.05, 4.69) is 16.9 Å². The number of aliphatic imine (C=N–C) groups is 1. The molecule has 1 aliphatic rings. The summed E-state index contributed by atoms with van der Waals surface area (Å²) in [5.74, 6) is 0.748. The number of rotatable bonds is 2. The Morgan fingerprint density at radius 2 is 2.19 bits per heavy atom. The molecule has 0 radical (unpaired) electrons. The first-order valence-corrected chi connectivity index (χ1v) is 5.47. The zero-order valence-electron chi connectivity index (χ0n) is 10.4. The van der Waals surface area contributed by atoms with E-state index in [1.165, 1.54) is 0 Å². The summed E-state index contributed by atoms with van der Waals surface area (Å²) < 4.78 is 5.84. The minimum Gasteiger partial charge on any atom is -0.480 e. The topological polar surface area (TPSA) is 33.6 Å². The van der Waals surface area contributed by atoms with Gasteiger partial charge in [0, 0.05) is 12.2 Å². The van der Waals surface area contributed by atoms with Crippen LogP contribution in [0, 0.1) is 0 Å². The smallest absolute Gasteiger partial charge is 0.142 e. The second kappa shape index (κ2) is 5.01. The fraction of sp³-hybridized carbons (Fsp3) is 0.462. The van der Waals surface area contributed by atoms with Crippen molar-refractivity contribution in [2.24, 2.45) is 4.99 Å². The lowest BCUT2D eigenvalue weighted by molar-refractivity contribution is 0.0764. The Bertz CT molecular complexity index is 349.